The summed E-state index contributed by atoms with van der Waals surface area (Å²) in [6, 6.07) is 3.54. The fourth-order valence-corrected chi connectivity index (χ4v) is 5.45. The minimum Gasteiger partial charge on any atom is -0.331 e. The van der Waals surface area contributed by atoms with E-state index in [9.17, 15) is 27.6 Å². The molecule has 39 heavy (non-hydrogen) atoms. The summed E-state index contributed by atoms with van der Waals surface area (Å²) in [7, 11) is 1.54. The van der Waals surface area contributed by atoms with Crippen molar-refractivity contribution in [2.45, 2.75) is 58.0 Å². The van der Waals surface area contributed by atoms with E-state index >= 15 is 0 Å². The second kappa shape index (κ2) is 9.51. The van der Waals surface area contributed by atoms with E-state index in [1.165, 1.54) is 28.8 Å². The quantitative estimate of drug-likeness (QED) is 0.481. The molecular formula is C26H26ClF3N6O3. The molecule has 206 valence electrons. The number of amides is 2. The molecule has 2 aliphatic heterocycles. The molecule has 2 amide bonds. The number of benzene rings is 1. The predicted molar refractivity (Wildman–Crippen MR) is 135 cm³/mol. The Morgan fingerprint density at radius 2 is 1.87 bits per heavy atom. The summed E-state index contributed by atoms with van der Waals surface area (Å²) in [5.74, 6) is -0.897. The molecule has 4 heterocycles. The Labute approximate surface area is 226 Å². The van der Waals surface area contributed by atoms with E-state index < -0.39 is 28.7 Å². The third-order valence-electron chi connectivity index (χ3n) is 7.50. The molecule has 1 aromatic carbocycles. The highest BCUT2D eigenvalue weighted by atomic mass is 35.5. The lowest BCUT2D eigenvalue weighted by Crippen LogP contribution is -2.45. The van der Waals surface area contributed by atoms with Gasteiger partial charge in [-0.05, 0) is 44.5 Å². The fraction of sp³-hybridized carbons (Fsp3) is 0.423. The number of hydrogen-bond acceptors (Lipinski definition) is 5. The summed E-state index contributed by atoms with van der Waals surface area (Å²) < 4.78 is 43.1. The third kappa shape index (κ3) is 4.60. The maximum Gasteiger partial charge on any atom is 0.417 e. The van der Waals surface area contributed by atoms with Crippen molar-refractivity contribution >= 4 is 23.4 Å². The van der Waals surface area contributed by atoms with Gasteiger partial charge >= 0.3 is 6.18 Å². The minimum absolute atomic E-state index is 0.0166. The Hall–Kier alpha value is -3.67. The summed E-state index contributed by atoms with van der Waals surface area (Å²) >= 11 is 5.74. The number of hydrogen-bond donors (Lipinski definition) is 0. The number of aromatic nitrogens is 4. The number of rotatable bonds is 3. The van der Waals surface area contributed by atoms with E-state index in [1.807, 2.05) is 13.8 Å². The second-order valence-electron chi connectivity index (χ2n) is 10.1. The van der Waals surface area contributed by atoms with Crippen molar-refractivity contribution in [2.24, 2.45) is 7.05 Å². The Balaban J connectivity index is 1.48. The number of aryl methyl sites for hydroxylation is 1. The maximum absolute atomic E-state index is 13.8. The summed E-state index contributed by atoms with van der Waals surface area (Å²) in [6.45, 7) is 5.91. The van der Waals surface area contributed by atoms with Gasteiger partial charge in [0, 0.05) is 43.2 Å². The monoisotopic (exact) mass is 562 g/mol. The standard InChI is InChI=1S/C26H26ClF3N6O3/c1-13-7-21-18(12-34(13)24(38)16-5-6-20(27)19(8-16)26(28,29)30)23-25(39)35(11-14(2)36(23)32-21)15(3)17-9-22(37)33(4)31-10-17/h5-6,8-10,13-15H,7,11-12H2,1-4H3/t13-,14-,15-/m1/s1. The van der Waals surface area contributed by atoms with Crippen molar-refractivity contribution in [3.05, 3.63) is 79.5 Å². The molecule has 0 N–H and O–H groups in total. The molecule has 3 aromatic rings. The predicted octanol–water partition coefficient (Wildman–Crippen LogP) is 4.01. The molecule has 5 rings (SSSR count). The highest BCUT2D eigenvalue weighted by Crippen LogP contribution is 2.37. The topological polar surface area (TPSA) is 93.3 Å². The van der Waals surface area contributed by atoms with E-state index in [0.29, 0.717) is 35.5 Å². The lowest BCUT2D eigenvalue weighted by molar-refractivity contribution is -0.137. The van der Waals surface area contributed by atoms with Crippen LogP contribution in [0.25, 0.3) is 0 Å². The van der Waals surface area contributed by atoms with Crippen LogP contribution in [-0.4, -0.2) is 53.8 Å². The largest absolute Gasteiger partial charge is 0.417 e. The first-order valence-electron chi connectivity index (χ1n) is 12.4. The summed E-state index contributed by atoms with van der Waals surface area (Å²) in [6.07, 6.45) is -2.82. The molecule has 2 aliphatic rings. The van der Waals surface area contributed by atoms with Gasteiger partial charge in [0.25, 0.3) is 17.4 Å². The molecule has 2 aromatic heterocycles. The van der Waals surface area contributed by atoms with Crippen molar-refractivity contribution in [2.75, 3.05) is 6.54 Å². The zero-order valence-electron chi connectivity index (χ0n) is 21.7. The first-order valence-corrected chi connectivity index (χ1v) is 12.8. The van der Waals surface area contributed by atoms with Crippen LogP contribution in [0.3, 0.4) is 0 Å². The first kappa shape index (κ1) is 26.9. The SMILES string of the molecule is C[C@@H]1Cc2nn3c(c2CN1C(=O)c1ccc(Cl)c(C(F)(F)F)c1)C(=O)N([C@H](C)c1cnn(C)c(=O)c1)C[C@H]3C. The molecule has 0 bridgehead atoms. The number of halogens is 4. The molecule has 9 nitrogen and oxygen atoms in total. The van der Waals surface area contributed by atoms with Gasteiger partial charge in [0.15, 0.2) is 0 Å². The van der Waals surface area contributed by atoms with Gasteiger partial charge in [0.05, 0.1) is 41.1 Å². The molecule has 0 radical (unpaired) electrons. The van der Waals surface area contributed by atoms with Crippen LogP contribution in [0.2, 0.25) is 5.02 Å². The highest BCUT2D eigenvalue weighted by Gasteiger charge is 2.41. The Bertz CT molecular complexity index is 1550. The Morgan fingerprint density at radius 1 is 1.15 bits per heavy atom. The van der Waals surface area contributed by atoms with Crippen molar-refractivity contribution in [3.8, 4) is 0 Å². The van der Waals surface area contributed by atoms with Crippen LogP contribution < -0.4 is 5.56 Å². The van der Waals surface area contributed by atoms with Gasteiger partial charge in [-0.25, -0.2) is 4.68 Å². The number of nitrogens with zero attached hydrogens (tertiary/aromatic N) is 6. The van der Waals surface area contributed by atoms with Gasteiger partial charge in [-0.15, -0.1) is 0 Å². The van der Waals surface area contributed by atoms with Crippen molar-refractivity contribution < 1.29 is 22.8 Å². The summed E-state index contributed by atoms with van der Waals surface area (Å²) in [5, 5.41) is 8.26. The third-order valence-corrected chi connectivity index (χ3v) is 7.83. The Morgan fingerprint density at radius 3 is 2.54 bits per heavy atom. The van der Waals surface area contributed by atoms with Gasteiger partial charge in [-0.2, -0.15) is 23.4 Å². The highest BCUT2D eigenvalue weighted by molar-refractivity contribution is 6.31. The minimum atomic E-state index is -4.71. The van der Waals surface area contributed by atoms with E-state index in [4.69, 9.17) is 11.6 Å². The van der Waals surface area contributed by atoms with Crippen LogP contribution in [0.4, 0.5) is 13.2 Å². The maximum atomic E-state index is 13.8. The van der Waals surface area contributed by atoms with Crippen LogP contribution in [0, 0.1) is 0 Å². The van der Waals surface area contributed by atoms with Crippen molar-refractivity contribution in [1.29, 1.82) is 0 Å². The smallest absolute Gasteiger partial charge is 0.331 e. The number of carbonyl (C=O) groups is 2. The molecule has 0 fully saturated rings. The van der Waals surface area contributed by atoms with Crippen LogP contribution in [-0.2, 0) is 26.2 Å². The first-order chi connectivity index (χ1) is 18.3. The molecule has 0 unspecified atom stereocenters. The van der Waals surface area contributed by atoms with Gasteiger partial charge in [0.2, 0.25) is 0 Å². The van der Waals surface area contributed by atoms with Crippen LogP contribution in [0.15, 0.2) is 35.3 Å². The van der Waals surface area contributed by atoms with Gasteiger partial charge in [-0.3, -0.25) is 19.1 Å². The molecule has 0 saturated heterocycles. The summed E-state index contributed by atoms with van der Waals surface area (Å²) in [4.78, 5) is 42.5. The normalized spacial score (nSPS) is 20.1. The molecular weight excluding hydrogens is 537 g/mol. The fourth-order valence-electron chi connectivity index (χ4n) is 5.23. The van der Waals surface area contributed by atoms with Crippen molar-refractivity contribution in [1.82, 2.24) is 29.4 Å². The molecule has 3 atom stereocenters. The number of carbonyl (C=O) groups excluding carboxylic acids is 2. The second-order valence-corrected chi connectivity index (χ2v) is 10.5. The van der Waals surface area contributed by atoms with Gasteiger partial charge in [0.1, 0.15) is 5.69 Å². The van der Waals surface area contributed by atoms with E-state index in [0.717, 1.165) is 12.1 Å². The van der Waals surface area contributed by atoms with Crippen molar-refractivity contribution in [3.63, 3.8) is 0 Å². The molecule has 0 aliphatic carbocycles. The van der Waals surface area contributed by atoms with E-state index in [1.54, 1.807) is 22.7 Å². The van der Waals surface area contributed by atoms with Crippen LogP contribution >= 0.6 is 11.6 Å². The zero-order chi connectivity index (χ0) is 28.4. The molecule has 0 spiro atoms. The number of alkyl halides is 3. The lowest BCUT2D eigenvalue weighted by atomic mass is 9.96. The average molecular weight is 563 g/mol. The van der Waals surface area contributed by atoms with E-state index in [-0.39, 0.29) is 35.7 Å². The van der Waals surface area contributed by atoms with E-state index in [2.05, 4.69) is 10.2 Å². The zero-order valence-corrected chi connectivity index (χ0v) is 22.4. The molecule has 0 saturated carbocycles. The lowest BCUT2D eigenvalue weighted by Gasteiger charge is -2.37. The summed E-state index contributed by atoms with van der Waals surface area (Å²) in [5.41, 5.74) is 0.663. The Kier molecular flexibility index (Phi) is 6.56. The number of fused-ring (bicyclic) bond motifs is 3. The van der Waals surface area contributed by atoms with Gasteiger partial charge < -0.3 is 9.80 Å². The van der Waals surface area contributed by atoms with Crippen LogP contribution in [0.5, 0.6) is 0 Å². The average Bonchev–Trinajstić information content (AvgIpc) is 3.25. The van der Waals surface area contributed by atoms with Gasteiger partial charge in [-0.1, -0.05) is 11.6 Å². The van der Waals surface area contributed by atoms with Crippen LogP contribution in [0.1, 0.15) is 76.1 Å². The molecule has 13 heteroatoms.